The first kappa shape index (κ1) is 10.5. The molecule has 82 valence electrons. The third-order valence-corrected chi connectivity index (χ3v) is 3.26. The molecule has 0 saturated heterocycles. The van der Waals surface area contributed by atoms with E-state index in [0.717, 1.165) is 25.2 Å². The highest BCUT2D eigenvalue weighted by atomic mass is 15.2. The molecule has 1 aromatic rings. The van der Waals surface area contributed by atoms with E-state index in [-0.39, 0.29) is 5.54 Å². The predicted octanol–water partition coefficient (Wildman–Crippen LogP) is 2.43. The molecule has 1 aromatic carbocycles. The van der Waals surface area contributed by atoms with E-state index in [4.69, 9.17) is 5.73 Å². The number of hydrogen-bond acceptors (Lipinski definition) is 2. The molecule has 2 N–H and O–H groups in total. The first-order chi connectivity index (χ1) is 6.98. The molecule has 2 heteroatoms. The van der Waals surface area contributed by atoms with Crippen molar-refractivity contribution in [3.63, 3.8) is 0 Å². The summed E-state index contributed by atoms with van der Waals surface area (Å²) in [6.45, 7) is 8.91. The molecule has 0 aliphatic carbocycles. The van der Waals surface area contributed by atoms with Crippen LogP contribution >= 0.6 is 0 Å². The smallest absolute Gasteiger partial charge is 0.0362 e. The van der Waals surface area contributed by atoms with Gasteiger partial charge in [-0.05, 0) is 44.4 Å². The molecule has 2 rings (SSSR count). The van der Waals surface area contributed by atoms with Crippen molar-refractivity contribution in [2.75, 3.05) is 12.3 Å². The molecule has 2 nitrogen and oxygen atoms in total. The summed E-state index contributed by atoms with van der Waals surface area (Å²) < 4.78 is 0. The zero-order valence-corrected chi connectivity index (χ0v) is 9.88. The van der Waals surface area contributed by atoms with E-state index < -0.39 is 0 Å². The molecule has 0 unspecified atom stereocenters. The van der Waals surface area contributed by atoms with Gasteiger partial charge in [-0.2, -0.15) is 0 Å². The van der Waals surface area contributed by atoms with E-state index >= 15 is 0 Å². The fourth-order valence-corrected chi connectivity index (χ4v) is 2.18. The highest BCUT2D eigenvalue weighted by Gasteiger charge is 2.26. The summed E-state index contributed by atoms with van der Waals surface area (Å²) in [5.74, 6) is 0. The van der Waals surface area contributed by atoms with Gasteiger partial charge in [-0.3, -0.25) is 4.90 Å². The summed E-state index contributed by atoms with van der Waals surface area (Å²) in [5, 5.41) is 0. The molecule has 0 radical (unpaired) electrons. The Labute approximate surface area is 92.1 Å². The van der Waals surface area contributed by atoms with Crippen molar-refractivity contribution >= 4 is 5.69 Å². The second-order valence-corrected chi connectivity index (χ2v) is 5.33. The Morgan fingerprint density at radius 2 is 2.00 bits per heavy atom. The van der Waals surface area contributed by atoms with Gasteiger partial charge in [0.15, 0.2) is 0 Å². The maximum absolute atomic E-state index is 6.02. The van der Waals surface area contributed by atoms with Gasteiger partial charge in [0.05, 0.1) is 0 Å². The summed E-state index contributed by atoms with van der Waals surface area (Å²) in [6, 6.07) is 6.26. The third kappa shape index (κ3) is 2.00. The number of fused-ring (bicyclic) bond motifs is 1. The lowest BCUT2D eigenvalue weighted by Crippen LogP contribution is -2.44. The maximum Gasteiger partial charge on any atom is 0.0362 e. The van der Waals surface area contributed by atoms with Gasteiger partial charge in [0.25, 0.3) is 0 Å². The number of nitrogen functional groups attached to an aromatic ring is 1. The molecule has 1 aliphatic rings. The predicted molar refractivity (Wildman–Crippen MR) is 64.7 cm³/mol. The van der Waals surface area contributed by atoms with E-state index in [2.05, 4.69) is 37.8 Å². The summed E-state index contributed by atoms with van der Waals surface area (Å²) >= 11 is 0. The number of hydrogen-bond donors (Lipinski definition) is 1. The van der Waals surface area contributed by atoms with Crippen LogP contribution in [0.5, 0.6) is 0 Å². The van der Waals surface area contributed by atoms with Crippen LogP contribution in [0, 0.1) is 0 Å². The highest BCUT2D eigenvalue weighted by Crippen LogP contribution is 2.28. The van der Waals surface area contributed by atoms with Crippen molar-refractivity contribution in [3.8, 4) is 0 Å². The maximum atomic E-state index is 6.02. The summed E-state index contributed by atoms with van der Waals surface area (Å²) in [5.41, 5.74) is 9.96. The first-order valence-corrected chi connectivity index (χ1v) is 5.60. The lowest BCUT2D eigenvalue weighted by molar-refractivity contribution is 0.121. The average Bonchev–Trinajstić information content (AvgIpc) is 2.16. The van der Waals surface area contributed by atoms with Crippen molar-refractivity contribution in [1.29, 1.82) is 0 Å². The van der Waals surface area contributed by atoms with Crippen molar-refractivity contribution in [2.45, 2.75) is 39.3 Å². The Morgan fingerprint density at radius 3 is 2.67 bits per heavy atom. The van der Waals surface area contributed by atoms with Crippen molar-refractivity contribution in [2.24, 2.45) is 0 Å². The van der Waals surface area contributed by atoms with Gasteiger partial charge in [0.2, 0.25) is 0 Å². The second kappa shape index (κ2) is 3.53. The number of nitrogens with zero attached hydrogens (tertiary/aromatic N) is 1. The topological polar surface area (TPSA) is 29.3 Å². The summed E-state index contributed by atoms with van der Waals surface area (Å²) in [4.78, 5) is 2.49. The van der Waals surface area contributed by atoms with Gasteiger partial charge in [0, 0.05) is 24.3 Å². The molecule has 0 aromatic heterocycles. The van der Waals surface area contributed by atoms with Gasteiger partial charge in [-0.25, -0.2) is 0 Å². The van der Waals surface area contributed by atoms with Gasteiger partial charge in [0.1, 0.15) is 0 Å². The van der Waals surface area contributed by atoms with Crippen LogP contribution in [-0.2, 0) is 13.0 Å². The van der Waals surface area contributed by atoms with E-state index in [9.17, 15) is 0 Å². The molecule has 15 heavy (non-hydrogen) atoms. The molecule has 1 heterocycles. The van der Waals surface area contributed by atoms with Crippen LogP contribution < -0.4 is 5.73 Å². The van der Waals surface area contributed by atoms with Crippen molar-refractivity contribution in [1.82, 2.24) is 4.90 Å². The summed E-state index contributed by atoms with van der Waals surface area (Å²) in [6.07, 6.45) is 1.12. The van der Waals surface area contributed by atoms with Crippen LogP contribution in [-0.4, -0.2) is 17.0 Å². The lowest BCUT2D eigenvalue weighted by atomic mass is 9.94. The van der Waals surface area contributed by atoms with E-state index in [0.29, 0.717) is 0 Å². The number of nitrogens with two attached hydrogens (primary N) is 1. The van der Waals surface area contributed by atoms with Crippen LogP contribution in [0.2, 0.25) is 0 Å². The monoisotopic (exact) mass is 204 g/mol. The van der Waals surface area contributed by atoms with E-state index in [1.807, 2.05) is 6.07 Å². The average molecular weight is 204 g/mol. The molecule has 1 aliphatic heterocycles. The SMILES string of the molecule is CC(C)(C)N1CCc2cccc(N)c2C1. The minimum Gasteiger partial charge on any atom is -0.398 e. The zero-order valence-electron chi connectivity index (χ0n) is 9.88. The fourth-order valence-electron chi connectivity index (χ4n) is 2.18. The van der Waals surface area contributed by atoms with Crippen molar-refractivity contribution in [3.05, 3.63) is 29.3 Å². The largest absolute Gasteiger partial charge is 0.398 e. The minimum absolute atomic E-state index is 0.236. The normalized spacial score (nSPS) is 17.5. The molecule has 0 bridgehead atoms. The number of benzene rings is 1. The molecule has 0 atom stereocenters. The first-order valence-electron chi connectivity index (χ1n) is 5.60. The Hall–Kier alpha value is -1.02. The van der Waals surface area contributed by atoms with Crippen LogP contribution in [0.1, 0.15) is 31.9 Å². The Balaban J connectivity index is 2.30. The Bertz CT molecular complexity index is 363. The van der Waals surface area contributed by atoms with E-state index in [1.165, 1.54) is 11.1 Å². The molecular weight excluding hydrogens is 184 g/mol. The number of anilines is 1. The fraction of sp³-hybridized carbons (Fsp3) is 0.538. The summed E-state index contributed by atoms with van der Waals surface area (Å²) in [7, 11) is 0. The standard InChI is InChI=1S/C13H20N2/c1-13(2,3)15-8-7-10-5-4-6-12(14)11(10)9-15/h4-6H,7-9,14H2,1-3H3. The van der Waals surface area contributed by atoms with Crippen LogP contribution in [0.25, 0.3) is 0 Å². The minimum atomic E-state index is 0.236. The van der Waals surface area contributed by atoms with Gasteiger partial charge in [-0.1, -0.05) is 12.1 Å². The lowest BCUT2D eigenvalue weighted by Gasteiger charge is -2.39. The third-order valence-electron chi connectivity index (χ3n) is 3.26. The Kier molecular flexibility index (Phi) is 2.47. The van der Waals surface area contributed by atoms with Crippen LogP contribution in [0.4, 0.5) is 5.69 Å². The van der Waals surface area contributed by atoms with Crippen molar-refractivity contribution < 1.29 is 0 Å². The molecule has 0 saturated carbocycles. The Morgan fingerprint density at radius 1 is 1.27 bits per heavy atom. The van der Waals surface area contributed by atoms with Gasteiger partial charge < -0.3 is 5.73 Å². The van der Waals surface area contributed by atoms with Crippen LogP contribution in [0.15, 0.2) is 18.2 Å². The van der Waals surface area contributed by atoms with E-state index in [1.54, 1.807) is 0 Å². The molecule has 0 fully saturated rings. The second-order valence-electron chi connectivity index (χ2n) is 5.33. The number of rotatable bonds is 0. The quantitative estimate of drug-likeness (QED) is 0.658. The highest BCUT2D eigenvalue weighted by molar-refractivity contribution is 5.51. The van der Waals surface area contributed by atoms with Crippen LogP contribution in [0.3, 0.4) is 0 Å². The zero-order chi connectivity index (χ0) is 11.1. The molecule has 0 spiro atoms. The van der Waals surface area contributed by atoms with Gasteiger partial charge >= 0.3 is 0 Å². The molecule has 0 amide bonds. The molecular formula is C13H20N2. The van der Waals surface area contributed by atoms with Gasteiger partial charge in [-0.15, -0.1) is 0 Å².